The maximum absolute atomic E-state index is 11.3. The van der Waals surface area contributed by atoms with Gasteiger partial charge in [-0.3, -0.25) is 9.69 Å². The van der Waals surface area contributed by atoms with E-state index in [4.69, 9.17) is 5.26 Å². The molecule has 3 heteroatoms. The second-order valence-corrected chi connectivity index (χ2v) is 3.40. The van der Waals surface area contributed by atoms with Gasteiger partial charge in [-0.15, -0.1) is 0 Å². The zero-order valence-corrected chi connectivity index (χ0v) is 6.90. The molecule has 12 heavy (non-hydrogen) atoms. The van der Waals surface area contributed by atoms with Gasteiger partial charge in [-0.25, -0.2) is 0 Å². The molecule has 0 saturated carbocycles. The van der Waals surface area contributed by atoms with Gasteiger partial charge in [0.1, 0.15) is 0 Å². The van der Waals surface area contributed by atoms with Crippen LogP contribution in [0.1, 0.15) is 6.42 Å². The molecular formula is C9H10N2O. The average molecular weight is 162 g/mol. The fourth-order valence-electron chi connectivity index (χ4n) is 2.06. The third-order valence-corrected chi connectivity index (χ3v) is 2.80. The summed E-state index contributed by atoms with van der Waals surface area (Å²) in [5.74, 6) is 0.147. The molecule has 62 valence electrons. The molecule has 3 atom stereocenters. The Bertz CT molecular complexity index is 289. The molecule has 2 aliphatic heterocycles. The Morgan fingerprint density at radius 2 is 2.50 bits per heavy atom. The molecule has 2 heterocycles. The number of hydrogen-bond acceptors (Lipinski definition) is 3. The van der Waals surface area contributed by atoms with Gasteiger partial charge in [-0.05, 0) is 19.5 Å². The first-order valence-electron chi connectivity index (χ1n) is 4.07. The summed E-state index contributed by atoms with van der Waals surface area (Å²) < 4.78 is 0. The highest BCUT2D eigenvalue weighted by Gasteiger charge is 2.42. The molecule has 3 nitrogen and oxygen atoms in total. The van der Waals surface area contributed by atoms with Crippen molar-refractivity contribution in [3.8, 4) is 6.07 Å². The van der Waals surface area contributed by atoms with Crippen molar-refractivity contribution in [3.05, 3.63) is 12.2 Å². The van der Waals surface area contributed by atoms with Crippen molar-refractivity contribution < 1.29 is 4.79 Å². The van der Waals surface area contributed by atoms with Gasteiger partial charge in [-0.1, -0.05) is 6.08 Å². The molecule has 1 saturated heterocycles. The lowest BCUT2D eigenvalue weighted by molar-refractivity contribution is -0.119. The fourth-order valence-corrected chi connectivity index (χ4v) is 2.06. The Hall–Kier alpha value is -1.14. The fraction of sp³-hybridized carbons (Fsp3) is 0.556. The normalized spacial score (nSPS) is 40.0. The summed E-state index contributed by atoms with van der Waals surface area (Å²) in [4.78, 5) is 13.3. The third-order valence-electron chi connectivity index (χ3n) is 2.80. The lowest BCUT2D eigenvalue weighted by Crippen LogP contribution is -2.39. The molecule has 0 amide bonds. The van der Waals surface area contributed by atoms with Crippen molar-refractivity contribution in [1.82, 2.24) is 4.90 Å². The molecule has 2 aliphatic rings. The van der Waals surface area contributed by atoms with E-state index in [0.717, 1.165) is 0 Å². The quantitative estimate of drug-likeness (QED) is 0.516. The minimum Gasteiger partial charge on any atom is -0.293 e. The summed E-state index contributed by atoms with van der Waals surface area (Å²) >= 11 is 0. The van der Waals surface area contributed by atoms with Gasteiger partial charge in [0.25, 0.3) is 0 Å². The van der Waals surface area contributed by atoms with Crippen LogP contribution in [0.4, 0.5) is 0 Å². The van der Waals surface area contributed by atoms with Crippen molar-refractivity contribution in [2.45, 2.75) is 18.5 Å². The monoisotopic (exact) mass is 162 g/mol. The van der Waals surface area contributed by atoms with Crippen molar-refractivity contribution in [2.75, 3.05) is 7.05 Å². The first-order valence-corrected chi connectivity index (χ1v) is 4.07. The summed E-state index contributed by atoms with van der Waals surface area (Å²) in [6.07, 6.45) is 4.16. The maximum atomic E-state index is 11.3. The van der Waals surface area contributed by atoms with E-state index >= 15 is 0 Å². The number of likely N-dealkylation sites (N-methyl/N-ethyl adjacent to an activating group) is 1. The van der Waals surface area contributed by atoms with Gasteiger partial charge < -0.3 is 0 Å². The highest BCUT2D eigenvalue weighted by Crippen LogP contribution is 2.32. The van der Waals surface area contributed by atoms with Crippen LogP contribution >= 0.6 is 0 Å². The summed E-state index contributed by atoms with van der Waals surface area (Å²) in [7, 11) is 1.91. The molecule has 0 aliphatic carbocycles. The Balaban J connectivity index is 2.34. The number of nitrogens with zero attached hydrogens (tertiary/aromatic N) is 2. The molecule has 0 spiro atoms. The summed E-state index contributed by atoms with van der Waals surface area (Å²) in [6.45, 7) is 0. The van der Waals surface area contributed by atoms with E-state index in [1.54, 1.807) is 6.08 Å². The summed E-state index contributed by atoms with van der Waals surface area (Å²) in [6, 6.07) is 2.37. The van der Waals surface area contributed by atoms with Crippen LogP contribution in [0.25, 0.3) is 0 Å². The molecule has 0 aromatic heterocycles. The topological polar surface area (TPSA) is 44.1 Å². The van der Waals surface area contributed by atoms with Gasteiger partial charge >= 0.3 is 0 Å². The van der Waals surface area contributed by atoms with Crippen LogP contribution in [0.15, 0.2) is 12.2 Å². The Morgan fingerprint density at radius 1 is 1.75 bits per heavy atom. The van der Waals surface area contributed by atoms with Crippen LogP contribution < -0.4 is 0 Å². The second-order valence-electron chi connectivity index (χ2n) is 3.40. The molecule has 1 fully saturated rings. The Kier molecular flexibility index (Phi) is 1.52. The van der Waals surface area contributed by atoms with Crippen LogP contribution in [-0.4, -0.2) is 29.8 Å². The van der Waals surface area contributed by atoms with E-state index in [-0.39, 0.29) is 23.8 Å². The number of carbonyl (C=O) groups is 1. The third kappa shape index (κ3) is 0.819. The van der Waals surface area contributed by atoms with Crippen LogP contribution in [0.5, 0.6) is 0 Å². The molecule has 0 N–H and O–H groups in total. The van der Waals surface area contributed by atoms with E-state index < -0.39 is 0 Å². The number of ketones is 1. The van der Waals surface area contributed by atoms with Crippen LogP contribution in [0, 0.1) is 17.2 Å². The Labute approximate surface area is 71.3 Å². The van der Waals surface area contributed by atoms with Gasteiger partial charge in [0.05, 0.1) is 18.0 Å². The van der Waals surface area contributed by atoms with Gasteiger partial charge in [0.15, 0.2) is 5.78 Å². The molecule has 2 rings (SSSR count). The number of rotatable bonds is 0. The molecule has 0 aromatic rings. The SMILES string of the molecule is CN1[C@@H]2C[C@H](C#N)[C@H]1C=CC2=O. The van der Waals surface area contributed by atoms with Crippen LogP contribution in [0.3, 0.4) is 0 Å². The Morgan fingerprint density at radius 3 is 3.08 bits per heavy atom. The first kappa shape index (κ1) is 7.51. The zero-order valence-electron chi connectivity index (χ0n) is 6.90. The molecular weight excluding hydrogens is 152 g/mol. The molecule has 0 unspecified atom stereocenters. The standard InChI is InChI=1S/C9H10N2O/c1-11-7-2-3-9(12)8(11)4-6(7)5-10/h2-3,6-8H,4H2,1H3/t6-,7-,8-/m1/s1. The number of hydrogen-bond donors (Lipinski definition) is 0. The van der Waals surface area contributed by atoms with Gasteiger partial charge in [0, 0.05) is 6.04 Å². The van der Waals surface area contributed by atoms with Crippen molar-refractivity contribution in [1.29, 1.82) is 5.26 Å². The first-order chi connectivity index (χ1) is 5.74. The largest absolute Gasteiger partial charge is 0.293 e. The highest BCUT2D eigenvalue weighted by molar-refractivity contribution is 5.95. The second kappa shape index (κ2) is 2.43. The highest BCUT2D eigenvalue weighted by atomic mass is 16.1. The van der Waals surface area contributed by atoms with Crippen molar-refractivity contribution in [3.63, 3.8) is 0 Å². The van der Waals surface area contributed by atoms with Crippen molar-refractivity contribution in [2.24, 2.45) is 5.92 Å². The smallest absolute Gasteiger partial charge is 0.172 e. The van der Waals surface area contributed by atoms with Crippen LogP contribution in [0.2, 0.25) is 0 Å². The number of nitriles is 1. The number of carbonyl (C=O) groups excluding carboxylic acids is 1. The molecule has 0 aromatic carbocycles. The van der Waals surface area contributed by atoms with E-state index in [0.29, 0.717) is 6.42 Å². The zero-order chi connectivity index (χ0) is 8.72. The maximum Gasteiger partial charge on any atom is 0.172 e. The van der Waals surface area contributed by atoms with Crippen molar-refractivity contribution >= 4 is 5.78 Å². The lowest BCUT2D eigenvalue weighted by atomic mass is 10.0. The van der Waals surface area contributed by atoms with Gasteiger partial charge in [-0.2, -0.15) is 5.26 Å². The lowest BCUT2D eigenvalue weighted by Gasteiger charge is -2.25. The van der Waals surface area contributed by atoms with E-state index in [1.165, 1.54) is 0 Å². The predicted molar refractivity (Wildman–Crippen MR) is 43.2 cm³/mol. The summed E-state index contributed by atoms with van der Waals surface area (Å²) in [5.41, 5.74) is 0. The van der Waals surface area contributed by atoms with E-state index in [9.17, 15) is 4.79 Å². The average Bonchev–Trinajstić information content (AvgIpc) is 2.26. The summed E-state index contributed by atoms with van der Waals surface area (Å²) in [5, 5.41) is 8.80. The minimum absolute atomic E-state index is 0.00250. The van der Waals surface area contributed by atoms with E-state index in [2.05, 4.69) is 6.07 Å². The minimum atomic E-state index is -0.0374. The van der Waals surface area contributed by atoms with Crippen LogP contribution in [-0.2, 0) is 4.79 Å². The molecule has 0 radical (unpaired) electrons. The molecule has 2 bridgehead atoms. The number of fused-ring (bicyclic) bond motifs is 2. The van der Waals surface area contributed by atoms with Gasteiger partial charge in [0.2, 0.25) is 0 Å². The van der Waals surface area contributed by atoms with E-state index in [1.807, 2.05) is 18.0 Å². The predicted octanol–water partition coefficient (Wildman–Crippen LogP) is 0.338.